The summed E-state index contributed by atoms with van der Waals surface area (Å²) in [6.07, 6.45) is 2.05. The molecule has 2 amide bonds. The lowest BCUT2D eigenvalue weighted by Gasteiger charge is -2.27. The van der Waals surface area contributed by atoms with Crippen LogP contribution in [0, 0.1) is 5.92 Å². The van der Waals surface area contributed by atoms with E-state index in [-0.39, 0.29) is 48.5 Å². The Hall–Kier alpha value is -2.60. The molecule has 0 radical (unpaired) electrons. The average Bonchev–Trinajstić information content (AvgIpc) is 3.26. The van der Waals surface area contributed by atoms with Gasteiger partial charge in [0.25, 0.3) is 0 Å². The van der Waals surface area contributed by atoms with E-state index in [1.165, 1.54) is 23.5 Å². The quantitative estimate of drug-likeness (QED) is 0.576. The number of amides is 2. The van der Waals surface area contributed by atoms with Crippen LogP contribution in [0.15, 0.2) is 52.3 Å². The number of carbonyl (C=O) groups excluding carboxylic acids is 2. The first-order valence-corrected chi connectivity index (χ1v) is 13.5. The Morgan fingerprint density at radius 3 is 2.65 bits per heavy atom. The number of ether oxygens (including phenoxy) is 2. The van der Waals surface area contributed by atoms with Gasteiger partial charge >= 0.3 is 0 Å². The largest absolute Gasteiger partial charge is 0.495 e. The Kier molecular flexibility index (Phi) is 7.46. The third-order valence-corrected chi connectivity index (χ3v) is 8.53. The van der Waals surface area contributed by atoms with Crippen molar-refractivity contribution in [1.29, 1.82) is 0 Å². The number of nitrogens with one attached hydrogen (secondary N) is 1. The minimum absolute atomic E-state index is 0.0206. The Morgan fingerprint density at radius 1 is 1.18 bits per heavy atom. The zero-order valence-electron chi connectivity index (χ0n) is 19.0. The normalized spacial score (nSPS) is 19.3. The average molecular weight is 506 g/mol. The lowest BCUT2D eigenvalue weighted by molar-refractivity contribution is -0.122. The molecule has 2 saturated heterocycles. The molecular formula is C23H27N3O6S2. The van der Waals surface area contributed by atoms with E-state index in [4.69, 9.17) is 9.47 Å². The number of hydrogen-bond acceptors (Lipinski definition) is 7. The first kappa shape index (κ1) is 24.5. The summed E-state index contributed by atoms with van der Waals surface area (Å²) in [6, 6.07) is 12.1. The third-order valence-electron chi connectivity index (χ3n) is 5.88. The van der Waals surface area contributed by atoms with Crippen molar-refractivity contribution in [1.82, 2.24) is 4.31 Å². The van der Waals surface area contributed by atoms with Crippen molar-refractivity contribution >= 4 is 45.0 Å². The van der Waals surface area contributed by atoms with Crippen LogP contribution in [0.1, 0.15) is 6.42 Å². The van der Waals surface area contributed by atoms with Gasteiger partial charge in [0.2, 0.25) is 21.8 Å². The minimum atomic E-state index is -3.83. The number of rotatable bonds is 7. The first-order valence-electron chi connectivity index (χ1n) is 10.8. The smallest absolute Gasteiger partial charge is 0.246 e. The molecule has 2 aromatic rings. The number of hydrogen-bond donors (Lipinski definition) is 1. The molecule has 0 saturated carbocycles. The SMILES string of the molecule is COc1ccc(NC(=O)C2CC(=O)N(c3cccc(SC)c3)C2)cc1S(=O)(=O)N1CCOCC1. The summed E-state index contributed by atoms with van der Waals surface area (Å²) in [5.74, 6) is -0.812. The van der Waals surface area contributed by atoms with E-state index in [1.54, 1.807) is 22.7 Å². The number of methoxy groups -OCH3 is 1. The first-order chi connectivity index (χ1) is 16.3. The molecule has 9 nitrogen and oxygen atoms in total. The molecule has 1 N–H and O–H groups in total. The van der Waals surface area contributed by atoms with E-state index >= 15 is 0 Å². The van der Waals surface area contributed by atoms with E-state index < -0.39 is 15.9 Å². The highest BCUT2D eigenvalue weighted by Gasteiger charge is 2.36. The van der Waals surface area contributed by atoms with Gasteiger partial charge in [0.1, 0.15) is 10.6 Å². The minimum Gasteiger partial charge on any atom is -0.495 e. The fourth-order valence-electron chi connectivity index (χ4n) is 4.04. The van der Waals surface area contributed by atoms with E-state index in [9.17, 15) is 18.0 Å². The number of benzene rings is 2. The van der Waals surface area contributed by atoms with Gasteiger partial charge in [0, 0.05) is 42.3 Å². The van der Waals surface area contributed by atoms with E-state index in [2.05, 4.69) is 5.32 Å². The Morgan fingerprint density at radius 2 is 1.94 bits per heavy atom. The van der Waals surface area contributed by atoms with Crippen LogP contribution in [0.2, 0.25) is 0 Å². The van der Waals surface area contributed by atoms with Gasteiger partial charge in [0.15, 0.2) is 0 Å². The zero-order valence-corrected chi connectivity index (χ0v) is 20.7. The highest BCUT2D eigenvalue weighted by Crippen LogP contribution is 2.32. The number of anilines is 2. The summed E-state index contributed by atoms with van der Waals surface area (Å²) >= 11 is 1.58. The summed E-state index contributed by atoms with van der Waals surface area (Å²) in [5, 5.41) is 2.78. The van der Waals surface area contributed by atoms with Crippen molar-refractivity contribution in [2.75, 3.05) is 56.4 Å². The topological polar surface area (TPSA) is 105 Å². The van der Waals surface area contributed by atoms with E-state index in [0.29, 0.717) is 18.9 Å². The van der Waals surface area contributed by atoms with E-state index in [0.717, 1.165) is 10.6 Å². The van der Waals surface area contributed by atoms with Crippen LogP contribution < -0.4 is 15.0 Å². The molecule has 182 valence electrons. The second-order valence-electron chi connectivity index (χ2n) is 7.98. The fourth-order valence-corrected chi connectivity index (χ4v) is 6.08. The van der Waals surface area contributed by atoms with Gasteiger partial charge < -0.3 is 19.7 Å². The van der Waals surface area contributed by atoms with E-state index in [1.807, 2.05) is 30.5 Å². The molecule has 2 aliphatic heterocycles. The van der Waals surface area contributed by atoms with Crippen LogP contribution in [-0.4, -0.2) is 70.8 Å². The predicted octanol–water partition coefficient (Wildman–Crippen LogP) is 2.43. The number of morpholine rings is 1. The van der Waals surface area contributed by atoms with Crippen LogP contribution in [0.3, 0.4) is 0 Å². The molecule has 0 bridgehead atoms. The molecule has 0 aromatic heterocycles. The highest BCUT2D eigenvalue weighted by atomic mass is 32.2. The van der Waals surface area contributed by atoms with Crippen molar-refractivity contribution in [3.05, 3.63) is 42.5 Å². The molecule has 11 heteroatoms. The molecule has 0 aliphatic carbocycles. The summed E-state index contributed by atoms with van der Waals surface area (Å²) in [7, 11) is -2.43. The number of nitrogens with zero attached hydrogens (tertiary/aromatic N) is 2. The third kappa shape index (κ3) is 5.07. The van der Waals surface area contributed by atoms with Gasteiger partial charge in [-0.2, -0.15) is 4.31 Å². The van der Waals surface area contributed by atoms with Crippen molar-refractivity contribution in [2.45, 2.75) is 16.2 Å². The Balaban J connectivity index is 1.51. The van der Waals surface area contributed by atoms with Crippen molar-refractivity contribution < 1.29 is 27.5 Å². The van der Waals surface area contributed by atoms with Crippen LogP contribution in [0.25, 0.3) is 0 Å². The lowest BCUT2D eigenvalue weighted by Crippen LogP contribution is -2.40. The predicted molar refractivity (Wildman–Crippen MR) is 130 cm³/mol. The number of carbonyl (C=O) groups is 2. The van der Waals surface area contributed by atoms with Crippen molar-refractivity contribution in [3.63, 3.8) is 0 Å². The van der Waals surface area contributed by atoms with Gasteiger partial charge in [-0.15, -0.1) is 11.8 Å². The van der Waals surface area contributed by atoms with Crippen LogP contribution in [-0.2, 0) is 24.3 Å². The maximum absolute atomic E-state index is 13.2. The number of sulfonamides is 1. The van der Waals surface area contributed by atoms with Crippen LogP contribution >= 0.6 is 11.8 Å². The monoisotopic (exact) mass is 505 g/mol. The van der Waals surface area contributed by atoms with Gasteiger partial charge in [-0.3, -0.25) is 9.59 Å². The fraction of sp³-hybridized carbons (Fsp3) is 0.391. The number of thioether (sulfide) groups is 1. The van der Waals surface area contributed by atoms with Gasteiger partial charge in [-0.05, 0) is 42.7 Å². The summed E-state index contributed by atoms with van der Waals surface area (Å²) in [4.78, 5) is 28.2. The van der Waals surface area contributed by atoms with Gasteiger partial charge in [0.05, 0.1) is 26.2 Å². The zero-order chi connectivity index (χ0) is 24.3. The van der Waals surface area contributed by atoms with Crippen molar-refractivity contribution in [3.8, 4) is 5.75 Å². The molecule has 1 unspecified atom stereocenters. The molecule has 2 aromatic carbocycles. The molecule has 2 aliphatic rings. The summed E-state index contributed by atoms with van der Waals surface area (Å²) < 4.78 is 38.2. The highest BCUT2D eigenvalue weighted by molar-refractivity contribution is 7.98. The molecular weight excluding hydrogens is 478 g/mol. The second kappa shape index (κ2) is 10.3. The maximum atomic E-state index is 13.2. The molecule has 4 rings (SSSR count). The molecule has 2 fully saturated rings. The van der Waals surface area contributed by atoms with Gasteiger partial charge in [-0.1, -0.05) is 6.07 Å². The lowest BCUT2D eigenvalue weighted by atomic mass is 10.1. The summed E-state index contributed by atoms with van der Waals surface area (Å²) in [5.41, 5.74) is 1.09. The molecule has 0 spiro atoms. The Bertz CT molecular complexity index is 1180. The Labute approximate surface area is 203 Å². The second-order valence-corrected chi connectivity index (χ2v) is 10.8. The van der Waals surface area contributed by atoms with Gasteiger partial charge in [-0.25, -0.2) is 8.42 Å². The standard InChI is InChI=1S/C23H27N3O6S2/c1-31-20-7-6-17(13-21(20)34(29,30)25-8-10-32-11-9-25)24-23(28)16-12-22(27)26(15-16)18-4-3-5-19(14-18)33-2/h3-7,13-14,16H,8-12,15H2,1-2H3,(H,24,28). The maximum Gasteiger partial charge on any atom is 0.246 e. The summed E-state index contributed by atoms with van der Waals surface area (Å²) in [6.45, 7) is 1.41. The molecule has 34 heavy (non-hydrogen) atoms. The van der Waals surface area contributed by atoms with Crippen LogP contribution in [0.4, 0.5) is 11.4 Å². The van der Waals surface area contributed by atoms with Crippen LogP contribution in [0.5, 0.6) is 5.75 Å². The van der Waals surface area contributed by atoms with Crippen molar-refractivity contribution in [2.24, 2.45) is 5.92 Å². The molecule has 2 heterocycles. The molecule has 1 atom stereocenters.